The van der Waals surface area contributed by atoms with E-state index in [-0.39, 0.29) is 12.4 Å². The van der Waals surface area contributed by atoms with Crippen LogP contribution in [-0.4, -0.2) is 24.0 Å². The lowest BCUT2D eigenvalue weighted by Gasteiger charge is -2.24. The average Bonchev–Trinajstić information content (AvgIpc) is 2.65. The molecule has 1 aliphatic heterocycles. The van der Waals surface area contributed by atoms with Crippen molar-refractivity contribution in [2.45, 2.75) is 25.4 Å². The van der Waals surface area contributed by atoms with E-state index in [4.69, 9.17) is 5.73 Å². The molecule has 0 aromatic heterocycles. The van der Waals surface area contributed by atoms with Crippen molar-refractivity contribution < 1.29 is 0 Å². The summed E-state index contributed by atoms with van der Waals surface area (Å²) in [6.07, 6.45) is 1.13. The summed E-state index contributed by atoms with van der Waals surface area (Å²) in [4.78, 5) is 2.45. The van der Waals surface area contributed by atoms with Crippen LogP contribution in [0.4, 0.5) is 0 Å². The topological polar surface area (TPSA) is 29.3 Å². The fourth-order valence-corrected chi connectivity index (χ4v) is 2.38. The van der Waals surface area contributed by atoms with E-state index in [0.717, 1.165) is 24.0 Å². The molecule has 0 aliphatic carbocycles. The predicted octanol–water partition coefficient (Wildman–Crippen LogP) is 2.96. The Balaban J connectivity index is 0.00000128. The summed E-state index contributed by atoms with van der Waals surface area (Å²) < 4.78 is 1.14. The zero-order chi connectivity index (χ0) is 10.8. The molecule has 16 heavy (non-hydrogen) atoms. The number of halogens is 2. The Bertz CT molecular complexity index is 328. The van der Waals surface area contributed by atoms with Gasteiger partial charge in [0.1, 0.15) is 0 Å². The number of hydrogen-bond donors (Lipinski definition) is 1. The van der Waals surface area contributed by atoms with E-state index in [0.29, 0.717) is 12.1 Å². The van der Waals surface area contributed by atoms with E-state index in [9.17, 15) is 0 Å². The minimum Gasteiger partial charge on any atom is -0.326 e. The summed E-state index contributed by atoms with van der Waals surface area (Å²) in [7, 11) is 0. The van der Waals surface area contributed by atoms with Gasteiger partial charge in [0.25, 0.3) is 0 Å². The molecule has 2 rings (SSSR count). The van der Waals surface area contributed by atoms with E-state index in [1.165, 1.54) is 5.56 Å². The van der Waals surface area contributed by atoms with Crippen molar-refractivity contribution in [1.29, 1.82) is 0 Å². The maximum absolute atomic E-state index is 5.92. The Morgan fingerprint density at radius 3 is 2.50 bits per heavy atom. The number of hydrogen-bond acceptors (Lipinski definition) is 2. The van der Waals surface area contributed by atoms with Gasteiger partial charge >= 0.3 is 0 Å². The first-order valence-electron chi connectivity index (χ1n) is 5.42. The van der Waals surface area contributed by atoms with Gasteiger partial charge in [0.05, 0.1) is 0 Å². The first-order chi connectivity index (χ1) is 7.16. The van der Waals surface area contributed by atoms with E-state index >= 15 is 0 Å². The monoisotopic (exact) mass is 304 g/mol. The average molecular weight is 306 g/mol. The lowest BCUT2D eigenvalue weighted by Crippen LogP contribution is -2.28. The van der Waals surface area contributed by atoms with Gasteiger partial charge in [-0.2, -0.15) is 0 Å². The summed E-state index contributed by atoms with van der Waals surface area (Å²) in [6.45, 7) is 4.40. The smallest absolute Gasteiger partial charge is 0.0320 e. The molecule has 0 radical (unpaired) electrons. The molecule has 1 unspecified atom stereocenters. The van der Waals surface area contributed by atoms with Crippen LogP contribution in [0.5, 0.6) is 0 Å². The molecule has 1 fully saturated rings. The van der Waals surface area contributed by atoms with Crippen LogP contribution >= 0.6 is 28.3 Å². The molecule has 1 aromatic rings. The van der Waals surface area contributed by atoms with E-state index in [1.807, 2.05) is 0 Å². The molecule has 1 heterocycles. The second-order valence-corrected chi connectivity index (χ2v) is 5.19. The van der Waals surface area contributed by atoms with E-state index < -0.39 is 0 Å². The third kappa shape index (κ3) is 3.20. The second-order valence-electron chi connectivity index (χ2n) is 4.27. The summed E-state index contributed by atoms with van der Waals surface area (Å²) >= 11 is 3.45. The molecule has 1 aromatic carbocycles. The van der Waals surface area contributed by atoms with Crippen molar-refractivity contribution in [2.24, 2.45) is 5.73 Å². The normalized spacial score (nSPS) is 22.8. The van der Waals surface area contributed by atoms with Crippen LogP contribution in [0.3, 0.4) is 0 Å². The standard InChI is InChI=1S/C12H17BrN2.ClH/c1-9(15-7-6-12(14)8-15)10-2-4-11(13)5-3-10;/h2-5,9,12H,6-8,14H2,1H3;1H/t9?,12-;/m1./s1. The number of rotatable bonds is 2. The molecular weight excluding hydrogens is 288 g/mol. The molecule has 0 saturated carbocycles. The zero-order valence-electron chi connectivity index (χ0n) is 9.40. The second kappa shape index (κ2) is 6.01. The van der Waals surface area contributed by atoms with Crippen LogP contribution < -0.4 is 5.73 Å². The Hall–Kier alpha value is -0.0900. The summed E-state index contributed by atoms with van der Waals surface area (Å²) in [5.74, 6) is 0. The minimum absolute atomic E-state index is 0. The fraction of sp³-hybridized carbons (Fsp3) is 0.500. The van der Waals surface area contributed by atoms with Crippen molar-refractivity contribution in [1.82, 2.24) is 4.90 Å². The van der Waals surface area contributed by atoms with Crippen molar-refractivity contribution >= 4 is 28.3 Å². The van der Waals surface area contributed by atoms with Crippen LogP contribution in [0.1, 0.15) is 24.9 Å². The number of nitrogens with zero attached hydrogens (tertiary/aromatic N) is 1. The maximum atomic E-state index is 5.92. The first kappa shape index (κ1) is 14.0. The largest absolute Gasteiger partial charge is 0.326 e. The third-order valence-electron chi connectivity index (χ3n) is 3.16. The maximum Gasteiger partial charge on any atom is 0.0320 e. The highest BCUT2D eigenvalue weighted by Gasteiger charge is 2.24. The molecular formula is C12H18BrClN2. The lowest BCUT2D eigenvalue weighted by molar-refractivity contribution is 0.260. The van der Waals surface area contributed by atoms with Gasteiger partial charge < -0.3 is 5.73 Å². The van der Waals surface area contributed by atoms with Crippen molar-refractivity contribution in [3.8, 4) is 0 Å². The summed E-state index contributed by atoms with van der Waals surface area (Å²) in [5.41, 5.74) is 7.28. The highest BCUT2D eigenvalue weighted by molar-refractivity contribution is 9.10. The molecule has 0 spiro atoms. The van der Waals surface area contributed by atoms with Gasteiger partial charge in [-0.3, -0.25) is 4.90 Å². The van der Waals surface area contributed by atoms with E-state index in [1.54, 1.807) is 0 Å². The quantitative estimate of drug-likeness (QED) is 0.910. The molecule has 2 N–H and O–H groups in total. The van der Waals surface area contributed by atoms with Crippen LogP contribution in [0.25, 0.3) is 0 Å². The van der Waals surface area contributed by atoms with Crippen LogP contribution in [-0.2, 0) is 0 Å². The van der Waals surface area contributed by atoms with Crippen molar-refractivity contribution in [3.63, 3.8) is 0 Å². The molecule has 0 bridgehead atoms. The number of benzene rings is 1. The molecule has 0 amide bonds. The molecule has 90 valence electrons. The summed E-state index contributed by atoms with van der Waals surface area (Å²) in [6, 6.07) is 9.40. The highest BCUT2D eigenvalue weighted by atomic mass is 79.9. The van der Waals surface area contributed by atoms with Crippen LogP contribution in [0, 0.1) is 0 Å². The van der Waals surface area contributed by atoms with Crippen LogP contribution in [0.15, 0.2) is 28.7 Å². The van der Waals surface area contributed by atoms with Gasteiger partial charge in [0.15, 0.2) is 0 Å². The SMILES string of the molecule is CC(c1ccc(Br)cc1)N1CC[C@@H](N)C1.Cl. The summed E-state index contributed by atoms with van der Waals surface area (Å²) in [5, 5.41) is 0. The Morgan fingerprint density at radius 1 is 1.38 bits per heavy atom. The van der Waals surface area contributed by atoms with E-state index in [2.05, 4.69) is 52.0 Å². The fourth-order valence-electron chi connectivity index (χ4n) is 2.12. The zero-order valence-corrected chi connectivity index (χ0v) is 11.8. The lowest BCUT2D eigenvalue weighted by atomic mass is 10.1. The van der Waals surface area contributed by atoms with Gasteiger partial charge in [0, 0.05) is 29.6 Å². The molecule has 1 saturated heterocycles. The Kier molecular flexibility index (Phi) is 5.25. The van der Waals surface area contributed by atoms with Crippen molar-refractivity contribution in [2.75, 3.05) is 13.1 Å². The van der Waals surface area contributed by atoms with Gasteiger partial charge in [-0.15, -0.1) is 12.4 Å². The Labute approximate surface area is 112 Å². The highest BCUT2D eigenvalue weighted by Crippen LogP contribution is 2.25. The molecule has 1 aliphatic rings. The third-order valence-corrected chi connectivity index (χ3v) is 3.68. The molecule has 2 nitrogen and oxygen atoms in total. The minimum atomic E-state index is 0. The van der Waals surface area contributed by atoms with Crippen molar-refractivity contribution in [3.05, 3.63) is 34.3 Å². The molecule has 4 heteroatoms. The van der Waals surface area contributed by atoms with Crippen LogP contribution in [0.2, 0.25) is 0 Å². The van der Waals surface area contributed by atoms with Gasteiger partial charge in [-0.05, 0) is 31.0 Å². The Morgan fingerprint density at radius 2 is 2.00 bits per heavy atom. The molecule has 2 atom stereocenters. The van der Waals surface area contributed by atoms with Gasteiger partial charge in [0.2, 0.25) is 0 Å². The van der Waals surface area contributed by atoms with Gasteiger partial charge in [-0.25, -0.2) is 0 Å². The number of nitrogens with two attached hydrogens (primary N) is 1. The van der Waals surface area contributed by atoms with Gasteiger partial charge in [-0.1, -0.05) is 28.1 Å². The first-order valence-corrected chi connectivity index (χ1v) is 6.21. The number of likely N-dealkylation sites (tertiary alicyclic amines) is 1. The predicted molar refractivity (Wildman–Crippen MR) is 74.0 cm³/mol.